The highest BCUT2D eigenvalue weighted by Crippen LogP contribution is 2.39. The number of urea groups is 1. The molecule has 6 nitrogen and oxygen atoms in total. The van der Waals surface area contributed by atoms with Gasteiger partial charge in [0.1, 0.15) is 12.2 Å². The molecule has 2 aromatic rings. The summed E-state index contributed by atoms with van der Waals surface area (Å²) in [6.45, 7) is 4.28. The largest absolute Gasteiger partial charge is 0.456 e. The van der Waals surface area contributed by atoms with Crippen molar-refractivity contribution in [3.8, 4) is 6.07 Å². The molecule has 2 aliphatic heterocycles. The van der Waals surface area contributed by atoms with Crippen LogP contribution in [0, 0.1) is 18.3 Å². The van der Waals surface area contributed by atoms with Gasteiger partial charge in [-0.2, -0.15) is 5.26 Å². The van der Waals surface area contributed by atoms with Gasteiger partial charge in [-0.15, -0.1) is 0 Å². The molecule has 0 N–H and O–H groups in total. The summed E-state index contributed by atoms with van der Waals surface area (Å²) in [7, 11) is 0. The molecule has 0 unspecified atom stereocenters. The molecule has 3 atom stereocenters. The van der Waals surface area contributed by atoms with Crippen LogP contribution in [0.2, 0.25) is 5.02 Å². The Hall–Kier alpha value is -3.04. The maximum absolute atomic E-state index is 13.1. The number of rotatable bonds is 3. The molecule has 7 heteroatoms. The zero-order valence-electron chi connectivity index (χ0n) is 16.1. The van der Waals surface area contributed by atoms with Gasteiger partial charge in [0.2, 0.25) is 0 Å². The maximum atomic E-state index is 13.1. The Morgan fingerprint density at radius 3 is 2.66 bits per heavy atom. The van der Waals surface area contributed by atoms with Crippen LogP contribution in [0.4, 0.5) is 10.5 Å². The van der Waals surface area contributed by atoms with Gasteiger partial charge in [0.15, 0.2) is 0 Å². The average Bonchev–Trinajstić information content (AvgIpc) is 3.25. The van der Waals surface area contributed by atoms with E-state index in [2.05, 4.69) is 6.07 Å². The van der Waals surface area contributed by atoms with Crippen LogP contribution in [0.15, 0.2) is 42.5 Å². The first-order chi connectivity index (χ1) is 13.9. The predicted molar refractivity (Wildman–Crippen MR) is 109 cm³/mol. The van der Waals surface area contributed by atoms with Crippen LogP contribution >= 0.6 is 11.6 Å². The van der Waals surface area contributed by atoms with Gasteiger partial charge in [0.05, 0.1) is 33.9 Å². The minimum absolute atomic E-state index is 0.135. The molecule has 148 valence electrons. The molecule has 2 saturated heterocycles. The minimum atomic E-state index is -0.381. The Morgan fingerprint density at radius 1 is 1.24 bits per heavy atom. The van der Waals surface area contributed by atoms with Gasteiger partial charge in [-0.1, -0.05) is 29.8 Å². The summed E-state index contributed by atoms with van der Waals surface area (Å²) in [4.78, 5) is 29.1. The third-order valence-corrected chi connectivity index (χ3v) is 6.24. The van der Waals surface area contributed by atoms with Crippen LogP contribution in [0.5, 0.6) is 0 Å². The average molecular weight is 410 g/mol. The topological polar surface area (TPSA) is 73.6 Å². The number of carbonyl (C=O) groups is 2. The number of esters is 1. The van der Waals surface area contributed by atoms with Crippen LogP contribution < -0.4 is 4.90 Å². The van der Waals surface area contributed by atoms with Gasteiger partial charge in [-0.05, 0) is 43.7 Å². The Labute approximate surface area is 174 Å². The molecule has 2 heterocycles. The van der Waals surface area contributed by atoms with E-state index in [-0.39, 0.29) is 30.2 Å². The number of amides is 2. The van der Waals surface area contributed by atoms with Gasteiger partial charge in [0, 0.05) is 13.0 Å². The first kappa shape index (κ1) is 19.3. The number of hydrogen-bond donors (Lipinski definition) is 0. The van der Waals surface area contributed by atoms with Gasteiger partial charge < -0.3 is 9.64 Å². The van der Waals surface area contributed by atoms with Crippen LogP contribution in [0.25, 0.3) is 0 Å². The third kappa shape index (κ3) is 3.12. The highest BCUT2D eigenvalue weighted by Gasteiger charge is 2.52. The molecule has 29 heavy (non-hydrogen) atoms. The van der Waals surface area contributed by atoms with Crippen molar-refractivity contribution >= 4 is 29.3 Å². The molecule has 4 rings (SSSR count). The van der Waals surface area contributed by atoms with Crippen molar-refractivity contribution in [1.29, 1.82) is 5.26 Å². The van der Waals surface area contributed by atoms with Crippen molar-refractivity contribution in [3.63, 3.8) is 0 Å². The summed E-state index contributed by atoms with van der Waals surface area (Å²) in [5.41, 5.74) is 2.23. The lowest BCUT2D eigenvalue weighted by Gasteiger charge is -2.27. The van der Waals surface area contributed by atoms with E-state index in [9.17, 15) is 14.9 Å². The molecule has 0 aromatic heterocycles. The maximum Gasteiger partial charge on any atom is 0.338 e. The second-order valence-electron chi connectivity index (χ2n) is 7.36. The number of halogens is 1. The van der Waals surface area contributed by atoms with E-state index in [4.69, 9.17) is 16.3 Å². The second kappa shape index (κ2) is 7.41. The van der Waals surface area contributed by atoms with Crippen molar-refractivity contribution in [2.75, 3.05) is 11.4 Å². The minimum Gasteiger partial charge on any atom is -0.456 e. The molecule has 2 amide bonds. The van der Waals surface area contributed by atoms with E-state index in [1.807, 2.05) is 13.0 Å². The fourth-order valence-corrected chi connectivity index (χ4v) is 4.50. The number of benzene rings is 2. The number of nitriles is 1. The summed E-state index contributed by atoms with van der Waals surface area (Å²) in [6, 6.07) is 13.7. The number of ether oxygens (including phenoxy) is 1. The van der Waals surface area contributed by atoms with E-state index < -0.39 is 0 Å². The Bertz CT molecular complexity index is 1020. The SMILES string of the molecule is Cc1c(N2C(=O)N3CC[C@@H](OC(=O)c4ccccc4)[C@H]3[C@@H]2C)ccc(C#N)c1Cl. The zero-order valence-corrected chi connectivity index (χ0v) is 16.9. The highest BCUT2D eigenvalue weighted by atomic mass is 35.5. The molecule has 0 spiro atoms. The Kier molecular flexibility index (Phi) is 4.93. The van der Waals surface area contributed by atoms with E-state index in [1.54, 1.807) is 53.1 Å². The fraction of sp³-hybridized carbons (Fsp3) is 0.318. The lowest BCUT2D eigenvalue weighted by atomic mass is 10.0. The van der Waals surface area contributed by atoms with E-state index in [0.29, 0.717) is 40.4 Å². The normalized spacial score (nSPS) is 23.1. The molecular weight excluding hydrogens is 390 g/mol. The number of fused-ring (bicyclic) bond motifs is 1. The van der Waals surface area contributed by atoms with Crippen LogP contribution in [0.3, 0.4) is 0 Å². The number of nitrogens with zero attached hydrogens (tertiary/aromatic N) is 3. The number of anilines is 1. The van der Waals surface area contributed by atoms with Gasteiger partial charge in [-0.3, -0.25) is 4.90 Å². The molecular formula is C22H20ClN3O3. The Morgan fingerprint density at radius 2 is 1.97 bits per heavy atom. The summed E-state index contributed by atoms with van der Waals surface area (Å²) in [5, 5.41) is 9.53. The fourth-order valence-electron chi connectivity index (χ4n) is 4.30. The third-order valence-electron chi connectivity index (χ3n) is 5.75. The molecule has 0 bridgehead atoms. The van der Waals surface area contributed by atoms with Crippen LogP contribution in [0.1, 0.15) is 34.8 Å². The Balaban J connectivity index is 1.60. The van der Waals surface area contributed by atoms with Crippen molar-refractivity contribution in [2.24, 2.45) is 0 Å². The van der Waals surface area contributed by atoms with Gasteiger partial charge in [-0.25, -0.2) is 9.59 Å². The van der Waals surface area contributed by atoms with Gasteiger partial charge in [0.25, 0.3) is 0 Å². The van der Waals surface area contributed by atoms with Gasteiger partial charge >= 0.3 is 12.0 Å². The quantitative estimate of drug-likeness (QED) is 0.714. The standard InChI is InChI=1S/C22H20ClN3O3/c1-13-17(9-8-16(12-24)19(13)23)26-14(2)20-18(10-11-25(20)22(26)28)29-21(27)15-6-4-3-5-7-15/h3-9,14,18,20H,10-11H2,1-2H3/t14-,18+,20+/m0/s1. The number of carbonyl (C=O) groups excluding carboxylic acids is 2. The summed E-state index contributed by atoms with van der Waals surface area (Å²) >= 11 is 6.31. The lowest BCUT2D eigenvalue weighted by molar-refractivity contribution is 0.0233. The summed E-state index contributed by atoms with van der Waals surface area (Å²) < 4.78 is 5.78. The zero-order chi connectivity index (χ0) is 20.7. The van der Waals surface area contributed by atoms with Crippen molar-refractivity contribution in [2.45, 2.75) is 38.5 Å². The van der Waals surface area contributed by atoms with Crippen molar-refractivity contribution in [1.82, 2.24) is 4.90 Å². The predicted octanol–water partition coefficient (Wildman–Crippen LogP) is 4.15. The molecule has 2 aromatic carbocycles. The lowest BCUT2D eigenvalue weighted by Crippen LogP contribution is -2.41. The number of hydrogen-bond acceptors (Lipinski definition) is 4. The van der Waals surface area contributed by atoms with Crippen LogP contribution in [-0.4, -0.2) is 41.6 Å². The monoisotopic (exact) mass is 409 g/mol. The molecule has 0 aliphatic carbocycles. The van der Waals surface area contributed by atoms with E-state index in [1.165, 1.54) is 0 Å². The summed E-state index contributed by atoms with van der Waals surface area (Å²) in [6.07, 6.45) is 0.237. The second-order valence-corrected chi connectivity index (χ2v) is 7.74. The molecule has 2 fully saturated rings. The molecule has 2 aliphatic rings. The van der Waals surface area contributed by atoms with E-state index >= 15 is 0 Å². The summed E-state index contributed by atoms with van der Waals surface area (Å²) in [5.74, 6) is -0.381. The van der Waals surface area contributed by atoms with E-state index in [0.717, 1.165) is 0 Å². The van der Waals surface area contributed by atoms with Crippen molar-refractivity contribution in [3.05, 3.63) is 64.2 Å². The highest BCUT2D eigenvalue weighted by molar-refractivity contribution is 6.33. The first-order valence-electron chi connectivity index (χ1n) is 9.49. The first-order valence-corrected chi connectivity index (χ1v) is 9.87. The molecule has 0 saturated carbocycles. The van der Waals surface area contributed by atoms with Crippen LogP contribution in [-0.2, 0) is 4.74 Å². The van der Waals surface area contributed by atoms with Crippen molar-refractivity contribution < 1.29 is 14.3 Å². The smallest absolute Gasteiger partial charge is 0.338 e. The molecule has 0 radical (unpaired) electrons.